The van der Waals surface area contributed by atoms with E-state index < -0.39 is 0 Å². The summed E-state index contributed by atoms with van der Waals surface area (Å²) >= 11 is 0. The van der Waals surface area contributed by atoms with Crippen LogP contribution in [0.1, 0.15) is 52.8 Å². The van der Waals surface area contributed by atoms with E-state index in [0.717, 1.165) is 66.5 Å². The Labute approximate surface area is 164 Å². The zero-order chi connectivity index (χ0) is 19.3. The number of nitrogens with one attached hydrogen (secondary N) is 1. The third-order valence-corrected chi connectivity index (χ3v) is 5.95. The predicted molar refractivity (Wildman–Crippen MR) is 108 cm³/mol. The van der Waals surface area contributed by atoms with E-state index in [2.05, 4.69) is 35.9 Å². The normalized spacial score (nSPS) is 16.9. The molecule has 5 rings (SSSR count). The lowest BCUT2D eigenvalue weighted by Gasteiger charge is -2.27. The highest BCUT2D eigenvalue weighted by molar-refractivity contribution is 5.37. The molecule has 0 spiro atoms. The zero-order valence-electron chi connectivity index (χ0n) is 16.4. The van der Waals surface area contributed by atoms with Gasteiger partial charge in [0.25, 0.3) is 5.56 Å². The molecule has 0 radical (unpaired) electrons. The van der Waals surface area contributed by atoms with Crippen LogP contribution in [0.2, 0.25) is 0 Å². The summed E-state index contributed by atoms with van der Waals surface area (Å²) in [6, 6.07) is 10.2. The van der Waals surface area contributed by atoms with Crippen LogP contribution >= 0.6 is 0 Å². The molecule has 1 fully saturated rings. The smallest absolute Gasteiger partial charge is 0.255 e. The molecule has 3 aromatic rings. The van der Waals surface area contributed by atoms with Gasteiger partial charge in [-0.2, -0.15) is 5.10 Å². The number of hydrogen-bond donors (Lipinski definition) is 1. The molecule has 0 unspecified atom stereocenters. The molecule has 2 aromatic heterocycles. The molecule has 1 aliphatic carbocycles. The Kier molecular flexibility index (Phi) is 4.16. The van der Waals surface area contributed by atoms with Crippen molar-refractivity contribution in [2.24, 2.45) is 0 Å². The Bertz CT molecular complexity index is 1080. The number of aromatic amines is 1. The van der Waals surface area contributed by atoms with Gasteiger partial charge in [-0.25, -0.2) is 9.67 Å². The van der Waals surface area contributed by atoms with Crippen molar-refractivity contribution in [2.45, 2.75) is 52.1 Å². The molecule has 1 aromatic carbocycles. The van der Waals surface area contributed by atoms with Crippen LogP contribution in [0.15, 0.2) is 35.1 Å². The maximum atomic E-state index is 12.6. The molecule has 3 heterocycles. The van der Waals surface area contributed by atoms with E-state index in [0.29, 0.717) is 12.5 Å². The van der Waals surface area contributed by atoms with Gasteiger partial charge in [0.1, 0.15) is 5.82 Å². The Morgan fingerprint density at radius 2 is 1.96 bits per heavy atom. The minimum atomic E-state index is 0.0463. The largest absolute Gasteiger partial charge is 0.310 e. The first-order chi connectivity index (χ1) is 13.6. The number of aromatic nitrogens is 4. The number of benzene rings is 1. The van der Waals surface area contributed by atoms with Gasteiger partial charge in [-0.3, -0.25) is 9.69 Å². The summed E-state index contributed by atoms with van der Waals surface area (Å²) in [5.41, 5.74) is 6.40. The lowest BCUT2D eigenvalue weighted by molar-refractivity contribution is 0.240. The van der Waals surface area contributed by atoms with E-state index >= 15 is 0 Å². The van der Waals surface area contributed by atoms with Crippen LogP contribution < -0.4 is 5.56 Å². The second kappa shape index (κ2) is 6.71. The predicted octanol–water partition coefficient (Wildman–Crippen LogP) is 3.01. The summed E-state index contributed by atoms with van der Waals surface area (Å²) in [7, 11) is 0. The van der Waals surface area contributed by atoms with Crippen molar-refractivity contribution < 1.29 is 0 Å². The summed E-state index contributed by atoms with van der Waals surface area (Å²) < 4.78 is 2.01. The molecular formula is C22H25N5O. The van der Waals surface area contributed by atoms with Crippen molar-refractivity contribution in [3.8, 4) is 5.69 Å². The van der Waals surface area contributed by atoms with Crippen LogP contribution in [-0.2, 0) is 19.5 Å². The van der Waals surface area contributed by atoms with Gasteiger partial charge in [0.2, 0.25) is 0 Å². The summed E-state index contributed by atoms with van der Waals surface area (Å²) in [6.07, 6.45) is 3.14. The van der Waals surface area contributed by atoms with Gasteiger partial charge in [-0.15, -0.1) is 0 Å². The molecule has 0 amide bonds. The van der Waals surface area contributed by atoms with Gasteiger partial charge in [-0.1, -0.05) is 18.2 Å². The number of aryl methyl sites for hydroxylation is 1. The van der Waals surface area contributed by atoms with Crippen molar-refractivity contribution in [3.05, 3.63) is 74.7 Å². The number of nitrogens with zero attached hydrogens (tertiary/aromatic N) is 4. The van der Waals surface area contributed by atoms with Crippen molar-refractivity contribution in [3.63, 3.8) is 0 Å². The Morgan fingerprint density at radius 1 is 1.18 bits per heavy atom. The highest BCUT2D eigenvalue weighted by atomic mass is 16.1. The van der Waals surface area contributed by atoms with E-state index in [4.69, 9.17) is 10.1 Å². The molecule has 0 saturated heterocycles. The standard InChI is InChI=1S/C22H25N5O/c1-14-18(15(2)27(25-14)17-6-4-3-5-7-17)12-26-11-10-20-19(13-26)22(28)24-21(23-20)16-8-9-16/h3-7,16H,8-13H2,1-2H3,(H,23,24,28). The summed E-state index contributed by atoms with van der Waals surface area (Å²) in [5, 5.41) is 4.76. The van der Waals surface area contributed by atoms with E-state index in [1.807, 2.05) is 22.9 Å². The number of para-hydroxylation sites is 1. The molecule has 6 nitrogen and oxygen atoms in total. The van der Waals surface area contributed by atoms with E-state index in [9.17, 15) is 4.79 Å². The van der Waals surface area contributed by atoms with E-state index in [1.165, 1.54) is 5.56 Å². The average molecular weight is 375 g/mol. The van der Waals surface area contributed by atoms with Crippen LogP contribution in [0.5, 0.6) is 0 Å². The van der Waals surface area contributed by atoms with E-state index in [-0.39, 0.29) is 5.56 Å². The number of H-pyrrole nitrogens is 1. The number of hydrogen-bond acceptors (Lipinski definition) is 4. The van der Waals surface area contributed by atoms with Gasteiger partial charge in [0.15, 0.2) is 0 Å². The maximum Gasteiger partial charge on any atom is 0.255 e. The third-order valence-electron chi connectivity index (χ3n) is 5.95. The van der Waals surface area contributed by atoms with Crippen molar-refractivity contribution >= 4 is 0 Å². The highest BCUT2D eigenvalue weighted by Crippen LogP contribution is 2.37. The molecule has 6 heteroatoms. The molecule has 28 heavy (non-hydrogen) atoms. The third kappa shape index (κ3) is 3.07. The van der Waals surface area contributed by atoms with E-state index in [1.54, 1.807) is 0 Å². The molecule has 1 saturated carbocycles. The maximum absolute atomic E-state index is 12.6. The van der Waals surface area contributed by atoms with Crippen molar-refractivity contribution in [1.29, 1.82) is 0 Å². The molecule has 0 atom stereocenters. The van der Waals surface area contributed by atoms with Gasteiger partial charge in [-0.05, 0) is 38.8 Å². The lowest BCUT2D eigenvalue weighted by atomic mass is 10.1. The summed E-state index contributed by atoms with van der Waals surface area (Å²) in [6.45, 7) is 6.56. The topological polar surface area (TPSA) is 66.8 Å². The second-order valence-corrected chi connectivity index (χ2v) is 8.01. The minimum absolute atomic E-state index is 0.0463. The monoisotopic (exact) mass is 375 g/mol. The first kappa shape index (κ1) is 17.4. The molecule has 2 aliphatic rings. The van der Waals surface area contributed by atoms with Crippen molar-refractivity contribution in [2.75, 3.05) is 6.54 Å². The van der Waals surface area contributed by atoms with Crippen molar-refractivity contribution in [1.82, 2.24) is 24.6 Å². The Morgan fingerprint density at radius 3 is 2.71 bits per heavy atom. The molecule has 0 bridgehead atoms. The summed E-state index contributed by atoms with van der Waals surface area (Å²) in [4.78, 5) is 22.7. The molecular weight excluding hydrogens is 350 g/mol. The summed E-state index contributed by atoms with van der Waals surface area (Å²) in [5.74, 6) is 1.37. The highest BCUT2D eigenvalue weighted by Gasteiger charge is 2.29. The fraction of sp³-hybridized carbons (Fsp3) is 0.409. The Hall–Kier alpha value is -2.73. The molecule has 1 N–H and O–H groups in total. The fourth-order valence-electron chi connectivity index (χ4n) is 4.13. The van der Waals surface area contributed by atoms with Gasteiger partial charge >= 0.3 is 0 Å². The quantitative estimate of drug-likeness (QED) is 0.761. The van der Waals surface area contributed by atoms with Gasteiger partial charge in [0.05, 0.1) is 22.6 Å². The lowest BCUT2D eigenvalue weighted by Crippen LogP contribution is -2.36. The Balaban J connectivity index is 1.40. The van der Waals surface area contributed by atoms with Gasteiger partial charge in [0, 0.05) is 43.2 Å². The SMILES string of the molecule is Cc1nn(-c2ccccc2)c(C)c1CN1CCc2nc(C3CC3)[nH]c(=O)c2C1. The molecule has 1 aliphatic heterocycles. The average Bonchev–Trinajstić information content (AvgIpc) is 3.52. The van der Waals surface area contributed by atoms with Crippen LogP contribution in [0.4, 0.5) is 0 Å². The van der Waals surface area contributed by atoms with Crippen LogP contribution in [0, 0.1) is 13.8 Å². The van der Waals surface area contributed by atoms with Crippen LogP contribution in [-0.4, -0.2) is 31.2 Å². The first-order valence-corrected chi connectivity index (χ1v) is 10.0. The number of rotatable bonds is 4. The van der Waals surface area contributed by atoms with Crippen LogP contribution in [0.3, 0.4) is 0 Å². The van der Waals surface area contributed by atoms with Crippen LogP contribution in [0.25, 0.3) is 5.69 Å². The minimum Gasteiger partial charge on any atom is -0.310 e. The second-order valence-electron chi connectivity index (χ2n) is 8.01. The molecule has 144 valence electrons. The fourth-order valence-corrected chi connectivity index (χ4v) is 4.13. The first-order valence-electron chi connectivity index (χ1n) is 10.0. The van der Waals surface area contributed by atoms with Gasteiger partial charge < -0.3 is 4.98 Å². The number of fused-ring (bicyclic) bond motifs is 1. The zero-order valence-corrected chi connectivity index (χ0v) is 16.4.